The Hall–Kier alpha value is -3.92. The normalized spacial score (nSPS) is 16.5. The lowest BCUT2D eigenvalue weighted by atomic mass is 10.00. The standard InChI is InChI=1S/C23H21FN4O5/c1-11(29)26-13-4-5-27(10-13)22-16(24)7-14-20-19(8-15(21(14)30)23(31)32)33-18-6-12(9-25)2-3-17(18)28(20)22/h2-3,6-8,13H,4-5,9-10,25H2,1H3,(H,26,29)(H,31,32). The topological polar surface area (TPSA) is 127 Å². The monoisotopic (exact) mass is 452 g/mol. The van der Waals surface area contributed by atoms with Gasteiger partial charge in [-0.2, -0.15) is 0 Å². The van der Waals surface area contributed by atoms with Gasteiger partial charge in [-0.25, -0.2) is 9.18 Å². The van der Waals surface area contributed by atoms with Gasteiger partial charge in [0.2, 0.25) is 11.3 Å². The number of carbonyl (C=O) groups excluding carboxylic acids is 1. The van der Waals surface area contributed by atoms with Gasteiger partial charge in [-0.15, -0.1) is 0 Å². The first-order valence-electron chi connectivity index (χ1n) is 10.5. The van der Waals surface area contributed by atoms with Crippen molar-refractivity contribution in [3.8, 4) is 28.4 Å². The minimum atomic E-state index is -1.42. The van der Waals surface area contributed by atoms with E-state index in [4.69, 9.17) is 10.5 Å². The summed E-state index contributed by atoms with van der Waals surface area (Å²) in [6.07, 6.45) is 0.629. The number of rotatable bonds is 4. The molecule has 1 fully saturated rings. The van der Waals surface area contributed by atoms with Crippen LogP contribution in [0.5, 0.6) is 11.5 Å². The van der Waals surface area contributed by atoms with Gasteiger partial charge in [0, 0.05) is 38.7 Å². The molecule has 0 aromatic heterocycles. The molecule has 10 heteroatoms. The van der Waals surface area contributed by atoms with Crippen LogP contribution in [0.4, 0.5) is 10.2 Å². The molecular weight excluding hydrogens is 431 g/mol. The van der Waals surface area contributed by atoms with E-state index in [1.165, 1.54) is 13.0 Å². The molecule has 1 aromatic carbocycles. The Bertz CT molecular complexity index is 1350. The Morgan fingerprint density at radius 1 is 1.27 bits per heavy atom. The number of aromatic nitrogens is 1. The molecule has 1 aromatic rings. The minimum Gasteiger partial charge on any atom is -0.478 e. The van der Waals surface area contributed by atoms with Crippen LogP contribution in [0.15, 0.2) is 35.1 Å². The molecule has 1 saturated heterocycles. The molecule has 1 unspecified atom stereocenters. The second-order valence-corrected chi connectivity index (χ2v) is 8.21. The fourth-order valence-corrected chi connectivity index (χ4v) is 4.61. The van der Waals surface area contributed by atoms with E-state index in [1.54, 1.807) is 27.7 Å². The fraction of sp³-hybridized carbons (Fsp3) is 0.261. The van der Waals surface area contributed by atoms with Crippen LogP contribution in [0.1, 0.15) is 29.3 Å². The summed E-state index contributed by atoms with van der Waals surface area (Å²) in [5, 5.41) is 12.4. The molecule has 1 aliphatic carbocycles. The Morgan fingerprint density at radius 2 is 2.06 bits per heavy atom. The lowest BCUT2D eigenvalue weighted by Gasteiger charge is -2.32. The smallest absolute Gasteiger partial charge is 0.339 e. The zero-order valence-electron chi connectivity index (χ0n) is 17.7. The van der Waals surface area contributed by atoms with Crippen LogP contribution in [-0.2, 0) is 11.3 Å². The number of nitrogens with two attached hydrogens (primary N) is 1. The molecule has 4 aliphatic rings. The third-order valence-corrected chi connectivity index (χ3v) is 6.02. The Kier molecular flexibility index (Phi) is 4.82. The maximum atomic E-state index is 15.6. The van der Waals surface area contributed by atoms with E-state index in [-0.39, 0.29) is 41.3 Å². The second kappa shape index (κ2) is 7.59. The van der Waals surface area contributed by atoms with Crippen molar-refractivity contribution in [3.05, 3.63) is 57.5 Å². The van der Waals surface area contributed by atoms with Crippen LogP contribution < -0.4 is 26.1 Å². The quantitative estimate of drug-likeness (QED) is 0.433. The minimum absolute atomic E-state index is 0.0858. The molecule has 3 heterocycles. The van der Waals surface area contributed by atoms with Crippen LogP contribution in [-0.4, -0.2) is 40.7 Å². The van der Waals surface area contributed by atoms with Crippen molar-refractivity contribution < 1.29 is 23.8 Å². The SMILES string of the molecule is CC(=O)NC1CCN(c2c(F)cc3c(=O)c(C(=O)O)cc4c-3n2-c2ccc(CN)cc2O4)C1. The van der Waals surface area contributed by atoms with Crippen molar-refractivity contribution in [3.63, 3.8) is 0 Å². The number of hydrogen-bond acceptors (Lipinski definition) is 6. The van der Waals surface area contributed by atoms with Crippen LogP contribution in [0.25, 0.3) is 16.9 Å². The molecule has 9 nitrogen and oxygen atoms in total. The highest BCUT2D eigenvalue weighted by atomic mass is 19.1. The molecule has 4 N–H and O–H groups in total. The number of anilines is 1. The summed E-state index contributed by atoms with van der Waals surface area (Å²) in [5.41, 5.74) is 5.96. The van der Waals surface area contributed by atoms with Crippen molar-refractivity contribution in [2.45, 2.75) is 25.9 Å². The van der Waals surface area contributed by atoms with Crippen molar-refractivity contribution in [2.24, 2.45) is 5.73 Å². The molecule has 5 rings (SSSR count). The molecule has 0 bridgehead atoms. The molecule has 1 amide bonds. The van der Waals surface area contributed by atoms with Gasteiger partial charge in [0.15, 0.2) is 23.1 Å². The predicted molar refractivity (Wildman–Crippen MR) is 118 cm³/mol. The third-order valence-electron chi connectivity index (χ3n) is 6.02. The number of carbonyl (C=O) groups is 2. The number of nitrogens with one attached hydrogen (secondary N) is 1. The number of halogens is 1. The van der Waals surface area contributed by atoms with E-state index in [9.17, 15) is 19.5 Å². The van der Waals surface area contributed by atoms with E-state index < -0.39 is 22.8 Å². The third kappa shape index (κ3) is 3.30. The highest BCUT2D eigenvalue weighted by Crippen LogP contribution is 2.47. The number of benzene rings is 2. The van der Waals surface area contributed by atoms with E-state index in [1.807, 2.05) is 0 Å². The van der Waals surface area contributed by atoms with Crippen molar-refractivity contribution in [2.75, 3.05) is 18.0 Å². The molecular formula is C23H21FN4O5. The Morgan fingerprint density at radius 3 is 2.76 bits per heavy atom. The number of ether oxygens (including phenoxy) is 1. The number of aromatic carboxylic acids is 1. The summed E-state index contributed by atoms with van der Waals surface area (Å²) in [7, 11) is 0. The first-order valence-corrected chi connectivity index (χ1v) is 10.5. The first kappa shape index (κ1) is 21.0. The number of hydrogen-bond donors (Lipinski definition) is 3. The van der Waals surface area contributed by atoms with E-state index in [0.717, 1.165) is 11.6 Å². The zero-order valence-corrected chi connectivity index (χ0v) is 17.7. The van der Waals surface area contributed by atoms with Gasteiger partial charge >= 0.3 is 5.97 Å². The largest absolute Gasteiger partial charge is 0.478 e. The maximum absolute atomic E-state index is 15.6. The van der Waals surface area contributed by atoms with Crippen LogP contribution in [0, 0.1) is 5.82 Å². The Balaban J connectivity index is 1.79. The summed E-state index contributed by atoms with van der Waals surface area (Å²) < 4.78 is 23.2. The zero-order chi connectivity index (χ0) is 23.4. The summed E-state index contributed by atoms with van der Waals surface area (Å²) in [6.45, 7) is 2.55. The van der Waals surface area contributed by atoms with Crippen molar-refractivity contribution in [1.29, 1.82) is 0 Å². The van der Waals surface area contributed by atoms with E-state index >= 15 is 4.39 Å². The molecule has 170 valence electrons. The molecule has 33 heavy (non-hydrogen) atoms. The second-order valence-electron chi connectivity index (χ2n) is 8.21. The lowest BCUT2D eigenvalue weighted by Crippen LogP contribution is -2.36. The molecule has 0 saturated carbocycles. The molecule has 3 aliphatic heterocycles. The lowest BCUT2D eigenvalue weighted by molar-refractivity contribution is -0.119. The predicted octanol–water partition coefficient (Wildman–Crippen LogP) is 2.06. The maximum Gasteiger partial charge on any atom is 0.339 e. The molecule has 0 radical (unpaired) electrons. The number of nitrogens with zero attached hydrogens (tertiary/aromatic N) is 2. The van der Waals surface area contributed by atoms with Gasteiger partial charge in [-0.05, 0) is 30.2 Å². The Labute approximate surface area is 187 Å². The van der Waals surface area contributed by atoms with E-state index in [2.05, 4.69) is 5.32 Å². The number of carboxylic acid groups (broad SMARTS) is 1. The van der Waals surface area contributed by atoms with Gasteiger partial charge in [0.1, 0.15) is 11.3 Å². The van der Waals surface area contributed by atoms with Crippen molar-refractivity contribution in [1.82, 2.24) is 9.88 Å². The number of amides is 1. The average Bonchev–Trinajstić information content (AvgIpc) is 3.22. The van der Waals surface area contributed by atoms with Gasteiger partial charge in [-0.3, -0.25) is 14.2 Å². The average molecular weight is 452 g/mol. The van der Waals surface area contributed by atoms with Gasteiger partial charge in [0.05, 0.1) is 11.3 Å². The molecule has 1 atom stereocenters. The summed E-state index contributed by atoms with van der Waals surface area (Å²) in [6, 6.07) is 7.32. The number of carboxylic acids is 1. The molecule has 0 spiro atoms. The highest BCUT2D eigenvalue weighted by Gasteiger charge is 2.35. The summed E-state index contributed by atoms with van der Waals surface area (Å²) >= 11 is 0. The van der Waals surface area contributed by atoms with Crippen LogP contribution in [0.3, 0.4) is 0 Å². The number of pyridine rings is 1. The van der Waals surface area contributed by atoms with Gasteiger partial charge in [-0.1, -0.05) is 6.07 Å². The summed E-state index contributed by atoms with van der Waals surface area (Å²) in [5.74, 6) is -1.53. The fourth-order valence-electron chi connectivity index (χ4n) is 4.61. The van der Waals surface area contributed by atoms with Crippen LogP contribution in [0.2, 0.25) is 0 Å². The number of fused-ring (bicyclic) bond motifs is 2. The van der Waals surface area contributed by atoms with Crippen LogP contribution >= 0.6 is 0 Å². The highest BCUT2D eigenvalue weighted by molar-refractivity contribution is 5.92. The van der Waals surface area contributed by atoms with E-state index in [0.29, 0.717) is 30.9 Å². The summed E-state index contributed by atoms with van der Waals surface area (Å²) in [4.78, 5) is 37.8. The first-order chi connectivity index (χ1) is 15.8. The van der Waals surface area contributed by atoms with Crippen molar-refractivity contribution >= 4 is 17.7 Å². The van der Waals surface area contributed by atoms with Gasteiger partial charge in [0.25, 0.3) is 0 Å². The van der Waals surface area contributed by atoms with Gasteiger partial charge < -0.3 is 25.8 Å².